The van der Waals surface area contributed by atoms with E-state index in [9.17, 15) is 0 Å². The fourth-order valence-electron chi connectivity index (χ4n) is 1.73. The van der Waals surface area contributed by atoms with E-state index in [1.165, 1.54) is 0 Å². The van der Waals surface area contributed by atoms with Gasteiger partial charge in [0.05, 0.1) is 26.1 Å². The van der Waals surface area contributed by atoms with Gasteiger partial charge in [-0.15, -0.1) is 0 Å². The molecule has 0 saturated carbocycles. The van der Waals surface area contributed by atoms with Gasteiger partial charge in [0, 0.05) is 13.2 Å². The summed E-state index contributed by atoms with van der Waals surface area (Å²) in [5, 5.41) is 4.10. The number of aryl methyl sites for hydroxylation is 1. The molecule has 0 amide bonds. The van der Waals surface area contributed by atoms with Gasteiger partial charge in [0.1, 0.15) is 17.0 Å². The highest BCUT2D eigenvalue weighted by Crippen LogP contribution is 2.38. The van der Waals surface area contributed by atoms with E-state index in [4.69, 9.17) is 15.2 Å². The summed E-state index contributed by atoms with van der Waals surface area (Å²) in [6.07, 6.45) is 3.20. The Balaban J connectivity index is 2.73. The third kappa shape index (κ3) is 1.77. The van der Waals surface area contributed by atoms with E-state index >= 15 is 0 Å². The van der Waals surface area contributed by atoms with E-state index in [1.54, 1.807) is 44.4 Å². The van der Waals surface area contributed by atoms with Crippen molar-refractivity contribution in [3.05, 3.63) is 18.5 Å². The lowest BCUT2D eigenvalue weighted by molar-refractivity contribution is 0.385. The first-order chi connectivity index (χ1) is 8.19. The summed E-state index contributed by atoms with van der Waals surface area (Å²) in [6.45, 7) is 0. The Morgan fingerprint density at radius 3 is 2.59 bits per heavy atom. The molecule has 2 aromatic heterocycles. The molecular formula is C11H14N4O2. The minimum Gasteiger partial charge on any atom is -0.496 e. The maximum Gasteiger partial charge on any atom is 0.226 e. The van der Waals surface area contributed by atoms with Gasteiger partial charge in [-0.3, -0.25) is 4.68 Å². The van der Waals surface area contributed by atoms with Crippen molar-refractivity contribution in [3.8, 4) is 22.9 Å². The Morgan fingerprint density at radius 2 is 2.06 bits per heavy atom. The third-order valence-electron chi connectivity index (χ3n) is 2.50. The standard InChI is InChI=1S/C11H14N4O2/c1-15-10(7(12)6-14-15)9-8(16-2)4-5-13-11(9)17-3/h4-6H,12H2,1-3H3. The number of ether oxygens (including phenoxy) is 2. The number of hydrogen-bond acceptors (Lipinski definition) is 5. The van der Waals surface area contributed by atoms with Crippen LogP contribution in [0.5, 0.6) is 11.6 Å². The highest BCUT2D eigenvalue weighted by Gasteiger charge is 2.19. The second-order valence-corrected chi connectivity index (χ2v) is 3.47. The Morgan fingerprint density at radius 1 is 1.29 bits per heavy atom. The molecule has 17 heavy (non-hydrogen) atoms. The number of nitrogens with zero attached hydrogens (tertiary/aromatic N) is 3. The zero-order chi connectivity index (χ0) is 12.4. The largest absolute Gasteiger partial charge is 0.496 e. The monoisotopic (exact) mass is 234 g/mol. The molecule has 0 atom stereocenters. The molecule has 0 aliphatic carbocycles. The van der Waals surface area contributed by atoms with Gasteiger partial charge in [0.25, 0.3) is 0 Å². The van der Waals surface area contributed by atoms with Crippen LogP contribution in [0.15, 0.2) is 18.5 Å². The van der Waals surface area contributed by atoms with Crippen molar-refractivity contribution < 1.29 is 9.47 Å². The van der Waals surface area contributed by atoms with Crippen molar-refractivity contribution in [1.82, 2.24) is 14.8 Å². The summed E-state index contributed by atoms with van der Waals surface area (Å²) in [7, 11) is 4.94. The molecule has 6 heteroatoms. The lowest BCUT2D eigenvalue weighted by Crippen LogP contribution is -2.01. The Bertz CT molecular complexity index is 495. The van der Waals surface area contributed by atoms with E-state index < -0.39 is 0 Å². The van der Waals surface area contributed by atoms with Crippen LogP contribution in [0.1, 0.15) is 0 Å². The number of methoxy groups -OCH3 is 2. The zero-order valence-electron chi connectivity index (χ0n) is 9.97. The summed E-state index contributed by atoms with van der Waals surface area (Å²) in [5.74, 6) is 1.10. The average molecular weight is 234 g/mol. The molecule has 0 bridgehead atoms. The summed E-state index contributed by atoms with van der Waals surface area (Å²) in [6, 6.07) is 1.75. The highest BCUT2D eigenvalue weighted by molar-refractivity contribution is 5.80. The van der Waals surface area contributed by atoms with Crippen molar-refractivity contribution in [2.24, 2.45) is 7.05 Å². The fraction of sp³-hybridized carbons (Fsp3) is 0.273. The molecule has 2 aromatic rings. The minimum atomic E-state index is 0.458. The van der Waals surface area contributed by atoms with E-state index in [-0.39, 0.29) is 0 Å². The lowest BCUT2D eigenvalue weighted by Gasteiger charge is -2.12. The fourth-order valence-corrected chi connectivity index (χ4v) is 1.73. The van der Waals surface area contributed by atoms with Gasteiger partial charge in [0.15, 0.2) is 0 Å². The van der Waals surface area contributed by atoms with Gasteiger partial charge in [-0.05, 0) is 6.07 Å². The molecule has 0 fully saturated rings. The normalized spacial score (nSPS) is 10.3. The number of pyridine rings is 1. The van der Waals surface area contributed by atoms with Crippen molar-refractivity contribution in [2.75, 3.05) is 20.0 Å². The Labute approximate surface area is 99.0 Å². The van der Waals surface area contributed by atoms with E-state index in [2.05, 4.69) is 10.1 Å². The summed E-state index contributed by atoms with van der Waals surface area (Å²) in [5.41, 5.74) is 7.88. The average Bonchev–Trinajstić information content (AvgIpc) is 2.68. The first-order valence-corrected chi connectivity index (χ1v) is 5.03. The van der Waals surface area contributed by atoms with Crippen LogP contribution >= 0.6 is 0 Å². The van der Waals surface area contributed by atoms with E-state index in [1.807, 2.05) is 0 Å². The van der Waals surface area contributed by atoms with Crippen LogP contribution in [0.4, 0.5) is 5.69 Å². The highest BCUT2D eigenvalue weighted by atomic mass is 16.5. The first kappa shape index (κ1) is 11.3. The van der Waals surface area contributed by atoms with Crippen LogP contribution in [0, 0.1) is 0 Å². The molecule has 0 saturated heterocycles. The Hall–Kier alpha value is -2.24. The number of aromatic nitrogens is 3. The molecule has 6 nitrogen and oxygen atoms in total. The minimum absolute atomic E-state index is 0.458. The van der Waals surface area contributed by atoms with Gasteiger partial charge in [0.2, 0.25) is 5.88 Å². The van der Waals surface area contributed by atoms with Crippen molar-refractivity contribution in [2.45, 2.75) is 0 Å². The number of anilines is 1. The molecule has 2 rings (SSSR count). The van der Waals surface area contributed by atoms with Gasteiger partial charge < -0.3 is 15.2 Å². The molecule has 0 unspecified atom stereocenters. The second-order valence-electron chi connectivity index (χ2n) is 3.47. The molecule has 2 N–H and O–H groups in total. The van der Waals surface area contributed by atoms with Crippen molar-refractivity contribution in [3.63, 3.8) is 0 Å². The molecule has 0 aliphatic heterocycles. The summed E-state index contributed by atoms with van der Waals surface area (Å²) >= 11 is 0. The van der Waals surface area contributed by atoms with Crippen LogP contribution in [0.3, 0.4) is 0 Å². The molecule has 0 radical (unpaired) electrons. The van der Waals surface area contributed by atoms with Crippen LogP contribution in [-0.2, 0) is 7.05 Å². The SMILES string of the molecule is COc1ccnc(OC)c1-c1c(N)cnn1C. The molecule has 90 valence electrons. The number of nitrogens with two attached hydrogens (primary N) is 1. The lowest BCUT2D eigenvalue weighted by atomic mass is 10.1. The van der Waals surface area contributed by atoms with Crippen LogP contribution < -0.4 is 15.2 Å². The predicted molar refractivity (Wildman–Crippen MR) is 64.0 cm³/mol. The van der Waals surface area contributed by atoms with Crippen LogP contribution in [0.2, 0.25) is 0 Å². The smallest absolute Gasteiger partial charge is 0.226 e. The Kier molecular flexibility index (Phi) is 2.86. The summed E-state index contributed by atoms with van der Waals surface area (Å²) in [4.78, 5) is 4.15. The van der Waals surface area contributed by atoms with E-state index in [0.717, 1.165) is 5.69 Å². The van der Waals surface area contributed by atoms with Gasteiger partial charge in [-0.1, -0.05) is 0 Å². The van der Waals surface area contributed by atoms with Gasteiger partial charge in [-0.2, -0.15) is 5.10 Å². The third-order valence-corrected chi connectivity index (χ3v) is 2.50. The molecule has 0 aromatic carbocycles. The molecule has 2 heterocycles. The maximum atomic E-state index is 5.90. The first-order valence-electron chi connectivity index (χ1n) is 5.03. The van der Waals surface area contributed by atoms with Gasteiger partial charge >= 0.3 is 0 Å². The van der Waals surface area contributed by atoms with E-state index in [0.29, 0.717) is 22.9 Å². The topological polar surface area (TPSA) is 75.2 Å². The molecule has 0 spiro atoms. The number of rotatable bonds is 3. The number of nitrogen functional groups attached to an aromatic ring is 1. The van der Waals surface area contributed by atoms with Crippen LogP contribution in [0.25, 0.3) is 11.3 Å². The molecule has 0 aliphatic rings. The molecular weight excluding hydrogens is 220 g/mol. The second kappa shape index (κ2) is 4.32. The predicted octanol–water partition coefficient (Wildman–Crippen LogP) is 1.08. The summed E-state index contributed by atoms with van der Waals surface area (Å²) < 4.78 is 12.2. The maximum absolute atomic E-state index is 5.90. The quantitative estimate of drug-likeness (QED) is 0.860. The van der Waals surface area contributed by atoms with Gasteiger partial charge in [-0.25, -0.2) is 4.98 Å². The number of hydrogen-bond donors (Lipinski definition) is 1. The van der Waals surface area contributed by atoms with Crippen molar-refractivity contribution >= 4 is 5.69 Å². The zero-order valence-corrected chi connectivity index (χ0v) is 9.97. The van der Waals surface area contributed by atoms with Crippen molar-refractivity contribution in [1.29, 1.82) is 0 Å². The van der Waals surface area contributed by atoms with Crippen LogP contribution in [-0.4, -0.2) is 29.0 Å².